The summed E-state index contributed by atoms with van der Waals surface area (Å²) in [5, 5.41) is 3.34. The number of rotatable bonds is 5. The van der Waals surface area contributed by atoms with Crippen LogP contribution in [0.5, 0.6) is 0 Å². The van der Waals surface area contributed by atoms with Gasteiger partial charge in [-0.05, 0) is 44.9 Å². The molecule has 134 valence electrons. The van der Waals surface area contributed by atoms with Crippen molar-refractivity contribution in [2.45, 2.75) is 39.3 Å². The molecule has 1 saturated heterocycles. The molecule has 0 spiro atoms. The van der Waals surface area contributed by atoms with Crippen LogP contribution >= 0.6 is 0 Å². The number of hydrogen-bond acceptors (Lipinski definition) is 6. The van der Waals surface area contributed by atoms with Crippen molar-refractivity contribution in [1.29, 1.82) is 0 Å². The van der Waals surface area contributed by atoms with Crippen LogP contribution in [0.3, 0.4) is 0 Å². The molecule has 7 heteroatoms. The van der Waals surface area contributed by atoms with Gasteiger partial charge in [-0.2, -0.15) is 0 Å². The second kappa shape index (κ2) is 7.21. The second-order valence-electron chi connectivity index (χ2n) is 6.72. The van der Waals surface area contributed by atoms with Crippen molar-refractivity contribution in [3.63, 3.8) is 0 Å². The van der Waals surface area contributed by atoms with Gasteiger partial charge in [0.2, 0.25) is 0 Å². The molecule has 1 fully saturated rings. The van der Waals surface area contributed by atoms with Crippen LogP contribution in [0.2, 0.25) is 0 Å². The Morgan fingerprint density at radius 2 is 2.23 bits per heavy atom. The van der Waals surface area contributed by atoms with Crippen LogP contribution in [-0.2, 0) is 6.54 Å². The number of likely N-dealkylation sites (tertiary alicyclic amines) is 1. The summed E-state index contributed by atoms with van der Waals surface area (Å²) >= 11 is 0. The molecule has 2 N–H and O–H groups in total. The van der Waals surface area contributed by atoms with E-state index in [2.05, 4.69) is 36.2 Å². The highest BCUT2D eigenvalue weighted by Gasteiger charge is 2.28. The zero-order chi connectivity index (χ0) is 17.9. The van der Waals surface area contributed by atoms with E-state index in [4.69, 9.17) is 4.98 Å². The van der Waals surface area contributed by atoms with E-state index in [9.17, 15) is 0 Å². The molecule has 1 atom stereocenters. The molecule has 0 aromatic carbocycles. The van der Waals surface area contributed by atoms with Crippen LogP contribution in [0.15, 0.2) is 36.9 Å². The molecule has 0 radical (unpaired) electrons. The minimum atomic E-state index is 0.297. The maximum absolute atomic E-state index is 4.72. The number of hydrogen-bond donors (Lipinski definition) is 2. The van der Waals surface area contributed by atoms with Crippen molar-refractivity contribution < 1.29 is 0 Å². The van der Waals surface area contributed by atoms with E-state index in [0.29, 0.717) is 6.04 Å². The highest BCUT2D eigenvalue weighted by Crippen LogP contribution is 2.33. The maximum Gasteiger partial charge on any atom is 0.135 e. The van der Waals surface area contributed by atoms with Crippen LogP contribution in [0.1, 0.15) is 41.7 Å². The maximum atomic E-state index is 4.72. The molecule has 4 heterocycles. The standard InChI is InChI=1S/C19H23N7/c1-13-5-3-7-21-19(13)25-18-9-16(23-14(2)24-18)17-6-4-8-26(17)11-15-10-20-12-22-15/h3,5,7,9-10,12,17H,4,6,8,11H2,1-2H3,(H,20,22)(H,21,23,24,25)/t17-/m0/s1. The van der Waals surface area contributed by atoms with Gasteiger partial charge in [0, 0.05) is 30.7 Å². The normalized spacial score (nSPS) is 17.5. The van der Waals surface area contributed by atoms with Gasteiger partial charge in [-0.15, -0.1) is 0 Å². The number of aromatic nitrogens is 5. The smallest absolute Gasteiger partial charge is 0.135 e. The van der Waals surface area contributed by atoms with Crippen LogP contribution in [0, 0.1) is 13.8 Å². The lowest BCUT2D eigenvalue weighted by Gasteiger charge is -2.24. The first kappa shape index (κ1) is 16.7. The lowest BCUT2D eigenvalue weighted by molar-refractivity contribution is 0.241. The molecule has 0 saturated carbocycles. The van der Waals surface area contributed by atoms with Crippen LogP contribution in [-0.4, -0.2) is 36.4 Å². The first-order valence-corrected chi connectivity index (χ1v) is 8.94. The lowest BCUT2D eigenvalue weighted by Crippen LogP contribution is -2.24. The summed E-state index contributed by atoms with van der Waals surface area (Å²) in [6.45, 7) is 5.90. The third-order valence-corrected chi connectivity index (χ3v) is 4.75. The van der Waals surface area contributed by atoms with E-state index in [1.165, 1.54) is 6.42 Å². The van der Waals surface area contributed by atoms with Crippen molar-refractivity contribution in [3.8, 4) is 0 Å². The van der Waals surface area contributed by atoms with E-state index in [0.717, 1.165) is 53.9 Å². The summed E-state index contributed by atoms with van der Waals surface area (Å²) in [4.78, 5) is 23.4. The zero-order valence-electron chi connectivity index (χ0n) is 15.1. The van der Waals surface area contributed by atoms with Crippen molar-refractivity contribution in [1.82, 2.24) is 29.8 Å². The monoisotopic (exact) mass is 349 g/mol. The van der Waals surface area contributed by atoms with Crippen molar-refractivity contribution in [2.75, 3.05) is 11.9 Å². The molecule has 1 aliphatic heterocycles. The summed E-state index contributed by atoms with van der Waals surface area (Å²) in [6, 6.07) is 6.32. The molecule has 0 aliphatic carbocycles. The summed E-state index contributed by atoms with van der Waals surface area (Å²) in [5.74, 6) is 2.40. The number of nitrogens with one attached hydrogen (secondary N) is 2. The Labute approximate surface area is 152 Å². The zero-order valence-corrected chi connectivity index (χ0v) is 15.1. The molecule has 4 rings (SSSR count). The van der Waals surface area contributed by atoms with Crippen molar-refractivity contribution >= 4 is 11.6 Å². The number of nitrogens with zero attached hydrogens (tertiary/aromatic N) is 5. The third kappa shape index (κ3) is 3.57. The molecule has 0 bridgehead atoms. The average molecular weight is 349 g/mol. The SMILES string of the molecule is Cc1nc(Nc2ncccc2C)cc([C@@H]2CCCN2Cc2cnc[nH]2)n1. The first-order valence-electron chi connectivity index (χ1n) is 8.94. The summed E-state index contributed by atoms with van der Waals surface area (Å²) in [6.07, 6.45) is 7.67. The highest BCUT2D eigenvalue weighted by atomic mass is 15.2. The van der Waals surface area contributed by atoms with Gasteiger partial charge in [-0.25, -0.2) is 19.9 Å². The molecule has 0 unspecified atom stereocenters. The van der Waals surface area contributed by atoms with Gasteiger partial charge in [-0.3, -0.25) is 4.90 Å². The van der Waals surface area contributed by atoms with Gasteiger partial charge < -0.3 is 10.3 Å². The number of aromatic amines is 1. The van der Waals surface area contributed by atoms with Gasteiger partial charge in [0.15, 0.2) is 0 Å². The predicted molar refractivity (Wildman–Crippen MR) is 100.0 cm³/mol. The van der Waals surface area contributed by atoms with Gasteiger partial charge in [0.05, 0.1) is 18.1 Å². The summed E-state index contributed by atoms with van der Waals surface area (Å²) in [5.41, 5.74) is 3.28. The number of imidazole rings is 1. The van der Waals surface area contributed by atoms with E-state index >= 15 is 0 Å². The van der Waals surface area contributed by atoms with Gasteiger partial charge in [0.1, 0.15) is 17.5 Å². The van der Waals surface area contributed by atoms with Gasteiger partial charge in [0.25, 0.3) is 0 Å². The molecule has 3 aromatic rings. The van der Waals surface area contributed by atoms with Crippen molar-refractivity contribution in [2.24, 2.45) is 0 Å². The third-order valence-electron chi connectivity index (χ3n) is 4.75. The Morgan fingerprint density at radius 3 is 3.04 bits per heavy atom. The quantitative estimate of drug-likeness (QED) is 0.735. The molecular formula is C19H23N7. The van der Waals surface area contributed by atoms with Crippen LogP contribution in [0.25, 0.3) is 0 Å². The van der Waals surface area contributed by atoms with E-state index in [1.54, 1.807) is 12.5 Å². The minimum absolute atomic E-state index is 0.297. The summed E-state index contributed by atoms with van der Waals surface area (Å²) < 4.78 is 0. The molecule has 26 heavy (non-hydrogen) atoms. The Balaban J connectivity index is 1.58. The second-order valence-corrected chi connectivity index (χ2v) is 6.72. The van der Waals surface area contributed by atoms with E-state index in [1.807, 2.05) is 32.2 Å². The highest BCUT2D eigenvalue weighted by molar-refractivity contribution is 5.55. The minimum Gasteiger partial charge on any atom is -0.347 e. The largest absolute Gasteiger partial charge is 0.347 e. The number of aryl methyl sites for hydroxylation is 2. The molecule has 1 aliphatic rings. The average Bonchev–Trinajstić information content (AvgIpc) is 3.29. The van der Waals surface area contributed by atoms with E-state index < -0.39 is 0 Å². The van der Waals surface area contributed by atoms with Crippen LogP contribution in [0.4, 0.5) is 11.6 Å². The number of pyridine rings is 1. The van der Waals surface area contributed by atoms with Crippen molar-refractivity contribution in [3.05, 3.63) is 59.7 Å². The Bertz CT molecular complexity index is 875. The fourth-order valence-electron chi connectivity index (χ4n) is 3.50. The fraction of sp³-hybridized carbons (Fsp3) is 0.368. The summed E-state index contributed by atoms with van der Waals surface area (Å²) in [7, 11) is 0. The lowest BCUT2D eigenvalue weighted by atomic mass is 10.1. The molecule has 7 nitrogen and oxygen atoms in total. The Morgan fingerprint density at radius 1 is 1.31 bits per heavy atom. The predicted octanol–water partition coefficient (Wildman–Crippen LogP) is 3.29. The Hall–Kier alpha value is -2.80. The first-order chi connectivity index (χ1) is 12.7. The molecule has 0 amide bonds. The topological polar surface area (TPSA) is 82.6 Å². The van der Waals surface area contributed by atoms with E-state index in [-0.39, 0.29) is 0 Å². The Kier molecular flexibility index (Phi) is 4.62. The van der Waals surface area contributed by atoms with Gasteiger partial charge >= 0.3 is 0 Å². The van der Waals surface area contributed by atoms with Crippen LogP contribution < -0.4 is 5.32 Å². The fourth-order valence-corrected chi connectivity index (χ4v) is 3.50. The molecule has 3 aromatic heterocycles. The number of H-pyrrole nitrogens is 1. The number of anilines is 2. The van der Waals surface area contributed by atoms with Gasteiger partial charge in [-0.1, -0.05) is 6.07 Å². The molecular weight excluding hydrogens is 326 g/mol.